The minimum absolute atomic E-state index is 0.0694. The fourth-order valence-electron chi connectivity index (χ4n) is 7.56. The van der Waals surface area contributed by atoms with Crippen LogP contribution in [0.1, 0.15) is 64.4 Å². The van der Waals surface area contributed by atoms with Gasteiger partial charge in [0.1, 0.15) is 16.9 Å². The molecule has 1 aliphatic carbocycles. The highest BCUT2D eigenvalue weighted by atomic mass is 35.5. The first-order chi connectivity index (χ1) is 26.5. The van der Waals surface area contributed by atoms with Crippen molar-refractivity contribution in [2.75, 3.05) is 38.6 Å². The first kappa shape index (κ1) is 38.5. The summed E-state index contributed by atoms with van der Waals surface area (Å²) in [6.07, 6.45) is 3.09. The quantitative estimate of drug-likeness (QED) is 0.103. The molecule has 2 aromatic heterocycles. The third-order valence-corrected chi connectivity index (χ3v) is 11.3. The highest BCUT2D eigenvalue weighted by molar-refractivity contribution is 6.37. The molecular formula is C40H42Cl2N6O7. The molecule has 2 atom stereocenters. The fraction of sp³-hybridized carbons (Fsp3) is 0.375. The Labute approximate surface area is 328 Å². The largest absolute Gasteiger partial charge is 0.481 e. The lowest BCUT2D eigenvalue weighted by molar-refractivity contribution is -0.144. The fourth-order valence-corrected chi connectivity index (χ4v) is 8.09. The van der Waals surface area contributed by atoms with Crippen LogP contribution in [0.3, 0.4) is 0 Å². The van der Waals surface area contributed by atoms with Gasteiger partial charge in [0, 0.05) is 43.5 Å². The number of β-lactam (4-membered cyclic amide) rings is 1. The van der Waals surface area contributed by atoms with E-state index in [1.807, 2.05) is 36.4 Å². The predicted octanol–water partition coefficient (Wildman–Crippen LogP) is 5.41. The number of aromatic nitrogens is 2. The summed E-state index contributed by atoms with van der Waals surface area (Å²) < 4.78 is 11.9. The maximum Gasteiger partial charge on any atom is 0.306 e. The number of halogens is 2. The number of methoxy groups -OCH3 is 1. The number of hydrogen-bond donors (Lipinski definition) is 5. The van der Waals surface area contributed by atoms with Gasteiger partial charge in [0.2, 0.25) is 17.7 Å². The van der Waals surface area contributed by atoms with E-state index in [0.717, 1.165) is 66.8 Å². The number of fused-ring (bicyclic) bond motifs is 1. The third kappa shape index (κ3) is 8.41. The number of likely N-dealkylation sites (tertiary alicyclic amines) is 1. The van der Waals surface area contributed by atoms with E-state index in [0.29, 0.717) is 34.8 Å². The Bertz CT molecular complexity index is 2090. The van der Waals surface area contributed by atoms with Crippen molar-refractivity contribution in [3.05, 3.63) is 98.7 Å². The Balaban J connectivity index is 0.999. The van der Waals surface area contributed by atoms with Crippen LogP contribution in [0.5, 0.6) is 11.8 Å². The van der Waals surface area contributed by atoms with Crippen LogP contribution < -0.4 is 25.4 Å². The Morgan fingerprint density at radius 3 is 2.56 bits per heavy atom. The van der Waals surface area contributed by atoms with E-state index in [2.05, 4.69) is 30.8 Å². The molecule has 7 rings (SSSR count). The average Bonchev–Trinajstić information content (AvgIpc) is 3.59. The number of ether oxygens (including phenoxy) is 2. The molecule has 0 unspecified atom stereocenters. The van der Waals surface area contributed by atoms with Crippen LogP contribution in [0.15, 0.2) is 60.8 Å². The molecule has 55 heavy (non-hydrogen) atoms. The van der Waals surface area contributed by atoms with Crippen LogP contribution in [0, 0.1) is 5.41 Å². The van der Waals surface area contributed by atoms with Crippen LogP contribution in [0.4, 0.5) is 5.82 Å². The number of aliphatic carboxylic acids is 1. The lowest BCUT2D eigenvalue weighted by atomic mass is 9.72. The summed E-state index contributed by atoms with van der Waals surface area (Å²) in [5.41, 5.74) is 5.43. The number of nitrogens with zero attached hydrogens (tertiary/aromatic N) is 3. The van der Waals surface area contributed by atoms with Gasteiger partial charge >= 0.3 is 5.97 Å². The number of carboxylic acid groups (broad SMARTS) is 1. The van der Waals surface area contributed by atoms with Crippen molar-refractivity contribution in [3.8, 4) is 22.9 Å². The second-order valence-corrected chi connectivity index (χ2v) is 15.0. The standard InChI is InChI=1S/C40H42Cl2N6O7/c1-54-37-24(19-43-20-25(49)17-34(50)51)16-31(41)38(47-37)55-32-10-9-27-26(4-2-5-28(27)32)29-6-3-7-30(35(29)42)36(52)46-33-11-8-23(18-44-33)21-48-14-12-40(13-15-48)22-45-39(40)53/h2-8,11,16,18,25,32,43,49H,9-10,12-15,17,19-22H2,1H3,(H,45,53)(H,50,51)(H,44,46,52)/t25-,32-/m0/s1. The Kier molecular flexibility index (Phi) is 11.6. The number of aliphatic hydroxyl groups excluding tert-OH is 1. The van der Waals surface area contributed by atoms with Crippen molar-refractivity contribution >= 4 is 46.8 Å². The number of rotatable bonds is 14. The summed E-state index contributed by atoms with van der Waals surface area (Å²) in [7, 11) is 1.48. The van der Waals surface area contributed by atoms with Crippen molar-refractivity contribution in [1.82, 2.24) is 25.5 Å². The Morgan fingerprint density at radius 2 is 1.87 bits per heavy atom. The highest BCUT2D eigenvalue weighted by Gasteiger charge is 2.47. The molecule has 0 bridgehead atoms. The van der Waals surface area contributed by atoms with Gasteiger partial charge in [-0.15, -0.1) is 0 Å². The normalized spacial score (nSPS) is 17.9. The molecule has 0 saturated carbocycles. The summed E-state index contributed by atoms with van der Waals surface area (Å²) >= 11 is 13.6. The number of amides is 2. The molecule has 2 aliphatic heterocycles. The molecule has 4 heterocycles. The van der Waals surface area contributed by atoms with Crippen LogP contribution in [0.25, 0.3) is 11.1 Å². The Hall–Kier alpha value is -4.79. The maximum absolute atomic E-state index is 13.5. The molecule has 2 fully saturated rings. The summed E-state index contributed by atoms with van der Waals surface area (Å²) in [5, 5.41) is 28.1. The predicted molar refractivity (Wildman–Crippen MR) is 206 cm³/mol. The number of carbonyl (C=O) groups is 3. The Morgan fingerprint density at radius 1 is 1.09 bits per heavy atom. The number of carboxylic acids is 1. The number of hydrogen-bond acceptors (Lipinski definition) is 10. The summed E-state index contributed by atoms with van der Waals surface area (Å²) in [6.45, 7) is 3.54. The van der Waals surface area contributed by atoms with E-state index in [1.54, 1.807) is 24.4 Å². The maximum atomic E-state index is 13.5. The van der Waals surface area contributed by atoms with E-state index >= 15 is 0 Å². The number of aliphatic hydroxyl groups is 1. The SMILES string of the molecule is COc1nc(O[C@H]2CCc3c(-c4cccc(C(=O)Nc5ccc(CN6CCC7(CC6)CNC7=O)cn5)c4Cl)cccc32)c(Cl)cc1CNC[C@@H](O)CC(=O)O. The molecule has 4 aromatic rings. The molecule has 5 N–H and O–H groups in total. The lowest BCUT2D eigenvalue weighted by Crippen LogP contribution is -2.62. The van der Waals surface area contributed by atoms with Crippen molar-refractivity contribution in [1.29, 1.82) is 0 Å². The van der Waals surface area contributed by atoms with Gasteiger partial charge in [0.15, 0.2) is 0 Å². The number of nitrogens with one attached hydrogen (secondary N) is 3. The van der Waals surface area contributed by atoms with Gasteiger partial charge in [-0.05, 0) is 79.2 Å². The van der Waals surface area contributed by atoms with Gasteiger partial charge in [0.05, 0.1) is 35.6 Å². The number of carbonyl (C=O) groups excluding carboxylic acids is 2. The second kappa shape index (κ2) is 16.5. The van der Waals surface area contributed by atoms with Crippen LogP contribution in [0.2, 0.25) is 10.0 Å². The first-order valence-corrected chi connectivity index (χ1v) is 19.0. The molecular weight excluding hydrogens is 747 g/mol. The summed E-state index contributed by atoms with van der Waals surface area (Å²) in [6, 6.07) is 16.7. The molecule has 13 nitrogen and oxygen atoms in total. The average molecular weight is 790 g/mol. The molecule has 1 spiro atoms. The number of pyridine rings is 2. The van der Waals surface area contributed by atoms with Gasteiger partial charge in [-0.3, -0.25) is 19.3 Å². The third-order valence-electron chi connectivity index (χ3n) is 10.6. The zero-order chi connectivity index (χ0) is 38.7. The number of benzene rings is 2. The smallest absolute Gasteiger partial charge is 0.306 e. The van der Waals surface area contributed by atoms with E-state index in [4.69, 9.17) is 37.8 Å². The topological polar surface area (TPSA) is 175 Å². The first-order valence-electron chi connectivity index (χ1n) is 18.2. The molecule has 3 aliphatic rings. The number of piperidine rings is 1. The molecule has 2 amide bonds. The molecule has 2 aromatic carbocycles. The van der Waals surface area contributed by atoms with Crippen LogP contribution in [-0.4, -0.2) is 82.3 Å². The highest BCUT2D eigenvalue weighted by Crippen LogP contribution is 2.43. The minimum atomic E-state index is -1.08. The summed E-state index contributed by atoms with van der Waals surface area (Å²) in [4.78, 5) is 47.7. The zero-order valence-electron chi connectivity index (χ0n) is 30.2. The van der Waals surface area contributed by atoms with E-state index in [9.17, 15) is 19.5 Å². The summed E-state index contributed by atoms with van der Waals surface area (Å²) in [5.74, 6) is -0.360. The van der Waals surface area contributed by atoms with Crippen LogP contribution >= 0.6 is 23.2 Å². The van der Waals surface area contributed by atoms with E-state index in [1.165, 1.54) is 7.11 Å². The van der Waals surface area contributed by atoms with Gasteiger partial charge < -0.3 is 35.6 Å². The van der Waals surface area contributed by atoms with Gasteiger partial charge in [0.25, 0.3) is 5.91 Å². The molecule has 0 radical (unpaired) electrons. The van der Waals surface area contributed by atoms with Crippen molar-refractivity contribution in [3.63, 3.8) is 0 Å². The zero-order valence-corrected chi connectivity index (χ0v) is 31.8. The minimum Gasteiger partial charge on any atom is -0.481 e. The van der Waals surface area contributed by atoms with Gasteiger partial charge in [-0.1, -0.05) is 59.6 Å². The lowest BCUT2D eigenvalue weighted by Gasteiger charge is -2.46. The number of anilines is 1. The van der Waals surface area contributed by atoms with E-state index < -0.39 is 12.1 Å². The molecule has 2 saturated heterocycles. The van der Waals surface area contributed by atoms with Gasteiger partial charge in [-0.2, -0.15) is 4.98 Å². The monoisotopic (exact) mass is 788 g/mol. The molecule has 288 valence electrons. The van der Waals surface area contributed by atoms with Gasteiger partial charge in [-0.25, -0.2) is 4.98 Å². The van der Waals surface area contributed by atoms with Crippen LogP contribution in [-0.2, 0) is 29.1 Å². The second-order valence-electron chi connectivity index (χ2n) is 14.3. The van der Waals surface area contributed by atoms with Crippen molar-refractivity contribution < 1.29 is 34.1 Å². The van der Waals surface area contributed by atoms with Crippen molar-refractivity contribution in [2.45, 2.75) is 57.4 Å². The van der Waals surface area contributed by atoms with Crippen molar-refractivity contribution in [2.24, 2.45) is 5.41 Å². The van der Waals surface area contributed by atoms with E-state index in [-0.39, 0.29) is 59.6 Å². The molecule has 15 heteroatoms.